The maximum Gasteiger partial charge on any atom is 0.238 e. The molecule has 3 aromatic heterocycles. The molecule has 0 aliphatic heterocycles. The van der Waals surface area contributed by atoms with Crippen molar-refractivity contribution in [2.24, 2.45) is 0 Å². The van der Waals surface area contributed by atoms with E-state index >= 15 is 0 Å². The van der Waals surface area contributed by atoms with Crippen molar-refractivity contribution in [2.45, 2.75) is 37.7 Å². The fraction of sp³-hybridized carbons (Fsp3) is 0.238. The molecule has 8 nitrogen and oxygen atoms in total. The quantitative estimate of drug-likeness (QED) is 0.442. The zero-order valence-corrected chi connectivity index (χ0v) is 17.6. The van der Waals surface area contributed by atoms with Gasteiger partial charge >= 0.3 is 0 Å². The lowest BCUT2D eigenvalue weighted by Gasteiger charge is -2.13. The second-order valence-electron chi connectivity index (χ2n) is 6.84. The number of carbonyl (C=O) groups is 1. The number of carbonyl (C=O) groups excluding carboxylic acids is 1. The Bertz CT molecular complexity index is 1150. The first-order chi connectivity index (χ1) is 14.5. The third-order valence-corrected chi connectivity index (χ3v) is 5.61. The summed E-state index contributed by atoms with van der Waals surface area (Å²) >= 11 is 1.34. The Hall–Kier alpha value is -3.33. The van der Waals surface area contributed by atoms with Crippen molar-refractivity contribution in [2.75, 3.05) is 5.32 Å². The van der Waals surface area contributed by atoms with Crippen molar-refractivity contribution >= 4 is 23.5 Å². The van der Waals surface area contributed by atoms with Gasteiger partial charge in [0, 0.05) is 6.07 Å². The molecule has 30 heavy (non-hydrogen) atoms. The van der Waals surface area contributed by atoms with Gasteiger partial charge in [-0.1, -0.05) is 47.3 Å². The molecule has 0 bridgehead atoms. The number of benzene rings is 1. The molecule has 0 radical (unpaired) electrons. The summed E-state index contributed by atoms with van der Waals surface area (Å²) in [6.07, 6.45) is 1.63. The van der Waals surface area contributed by atoms with E-state index in [1.54, 1.807) is 19.3 Å². The molecule has 0 saturated heterocycles. The molecule has 9 heteroatoms. The molecule has 0 aliphatic carbocycles. The molecule has 1 amide bonds. The van der Waals surface area contributed by atoms with E-state index in [2.05, 4.69) is 20.7 Å². The summed E-state index contributed by atoms with van der Waals surface area (Å²) in [7, 11) is 0. The zero-order valence-electron chi connectivity index (χ0n) is 16.8. The minimum atomic E-state index is -0.418. The number of furan rings is 1. The van der Waals surface area contributed by atoms with Gasteiger partial charge in [0.25, 0.3) is 0 Å². The van der Waals surface area contributed by atoms with Crippen molar-refractivity contribution in [1.82, 2.24) is 19.9 Å². The largest absolute Gasteiger partial charge is 0.469 e. The molecular formula is C21H21N5O3S. The Labute approximate surface area is 177 Å². The van der Waals surface area contributed by atoms with Gasteiger partial charge in [0.2, 0.25) is 5.91 Å². The molecule has 1 aromatic carbocycles. The summed E-state index contributed by atoms with van der Waals surface area (Å²) in [5.41, 5.74) is 1.98. The summed E-state index contributed by atoms with van der Waals surface area (Å²) in [6.45, 7) is 6.05. The van der Waals surface area contributed by atoms with Crippen LogP contribution in [0.3, 0.4) is 0 Å². The average molecular weight is 423 g/mol. The highest BCUT2D eigenvalue weighted by Gasteiger charge is 2.23. The molecule has 3 heterocycles. The second kappa shape index (κ2) is 8.58. The van der Waals surface area contributed by atoms with Crippen LogP contribution in [-0.2, 0) is 11.3 Å². The van der Waals surface area contributed by atoms with Gasteiger partial charge in [-0.2, -0.15) is 0 Å². The van der Waals surface area contributed by atoms with Crippen molar-refractivity contribution in [3.63, 3.8) is 0 Å². The molecule has 0 fully saturated rings. The highest BCUT2D eigenvalue weighted by molar-refractivity contribution is 8.00. The van der Waals surface area contributed by atoms with Crippen LogP contribution in [0.15, 0.2) is 62.8 Å². The number of rotatable bonds is 7. The van der Waals surface area contributed by atoms with Crippen molar-refractivity contribution in [3.05, 3.63) is 65.8 Å². The lowest BCUT2D eigenvalue weighted by molar-refractivity contribution is -0.115. The molecule has 0 aliphatic rings. The summed E-state index contributed by atoms with van der Waals surface area (Å²) in [5, 5.41) is 15.5. The number of anilines is 1. The minimum absolute atomic E-state index is 0.191. The Morgan fingerprint density at radius 2 is 2.00 bits per heavy atom. The number of nitrogens with one attached hydrogen (secondary N) is 1. The summed E-state index contributed by atoms with van der Waals surface area (Å²) < 4.78 is 12.5. The number of thioether (sulfide) groups is 1. The SMILES string of the molecule is Cc1cc(NC(=O)C(C)Sc2nnc(-c3ccoc3C)n2Cc2ccccc2)no1. The first kappa shape index (κ1) is 20.0. The van der Waals surface area contributed by atoms with Crippen LogP contribution in [0.4, 0.5) is 5.82 Å². The lowest BCUT2D eigenvalue weighted by Crippen LogP contribution is -2.23. The predicted molar refractivity (Wildman–Crippen MR) is 113 cm³/mol. The topological polar surface area (TPSA) is 99.0 Å². The predicted octanol–water partition coefficient (Wildman–Crippen LogP) is 4.31. The van der Waals surface area contributed by atoms with Crippen molar-refractivity contribution < 1.29 is 13.7 Å². The van der Waals surface area contributed by atoms with E-state index in [9.17, 15) is 4.79 Å². The number of nitrogens with zero attached hydrogens (tertiary/aromatic N) is 4. The fourth-order valence-electron chi connectivity index (χ4n) is 2.97. The van der Waals surface area contributed by atoms with E-state index in [4.69, 9.17) is 8.94 Å². The number of hydrogen-bond donors (Lipinski definition) is 1. The van der Waals surface area contributed by atoms with Crippen LogP contribution in [0.5, 0.6) is 0 Å². The number of aromatic nitrogens is 4. The van der Waals surface area contributed by atoms with Gasteiger partial charge in [0.05, 0.1) is 23.6 Å². The summed E-state index contributed by atoms with van der Waals surface area (Å²) in [6, 6.07) is 13.6. The number of hydrogen-bond acceptors (Lipinski definition) is 7. The van der Waals surface area contributed by atoms with E-state index in [1.807, 2.05) is 54.8 Å². The number of aryl methyl sites for hydroxylation is 2. The van der Waals surface area contributed by atoms with Crippen LogP contribution in [0.2, 0.25) is 0 Å². The monoisotopic (exact) mass is 423 g/mol. The Balaban J connectivity index is 1.59. The fourth-order valence-corrected chi connectivity index (χ4v) is 3.81. The Morgan fingerprint density at radius 1 is 1.20 bits per heavy atom. The Morgan fingerprint density at radius 3 is 2.67 bits per heavy atom. The van der Waals surface area contributed by atoms with Gasteiger partial charge in [-0.25, -0.2) is 0 Å². The maximum atomic E-state index is 12.6. The van der Waals surface area contributed by atoms with Crippen LogP contribution < -0.4 is 5.32 Å². The summed E-state index contributed by atoms with van der Waals surface area (Å²) in [5.74, 6) is 2.30. The standard InChI is InChI=1S/C21H21N5O3S/c1-13-11-18(25-29-13)22-20(27)15(3)30-21-24-23-19(17-9-10-28-14(17)2)26(21)12-16-7-5-4-6-8-16/h4-11,15H,12H2,1-3H3,(H,22,25,27). The van der Waals surface area contributed by atoms with Crippen LogP contribution >= 0.6 is 11.8 Å². The highest BCUT2D eigenvalue weighted by Crippen LogP contribution is 2.30. The Kier molecular flexibility index (Phi) is 5.71. The molecule has 1 unspecified atom stereocenters. The smallest absolute Gasteiger partial charge is 0.238 e. The highest BCUT2D eigenvalue weighted by atomic mass is 32.2. The second-order valence-corrected chi connectivity index (χ2v) is 8.15. The first-order valence-corrected chi connectivity index (χ1v) is 10.3. The molecule has 154 valence electrons. The van der Waals surface area contributed by atoms with Crippen molar-refractivity contribution in [1.29, 1.82) is 0 Å². The molecule has 1 N–H and O–H groups in total. The van der Waals surface area contributed by atoms with E-state index in [1.165, 1.54) is 11.8 Å². The summed E-state index contributed by atoms with van der Waals surface area (Å²) in [4.78, 5) is 12.6. The van der Waals surface area contributed by atoms with Crippen LogP contribution in [-0.4, -0.2) is 31.1 Å². The van der Waals surface area contributed by atoms with E-state index in [-0.39, 0.29) is 5.91 Å². The van der Waals surface area contributed by atoms with Crippen LogP contribution in [0, 0.1) is 13.8 Å². The molecule has 4 aromatic rings. The van der Waals surface area contributed by atoms with Gasteiger partial charge in [-0.15, -0.1) is 10.2 Å². The molecule has 4 rings (SSSR count). The average Bonchev–Trinajstić information content (AvgIpc) is 3.44. The molecule has 0 saturated carbocycles. The van der Waals surface area contributed by atoms with Gasteiger partial charge in [-0.05, 0) is 32.4 Å². The number of amides is 1. The van der Waals surface area contributed by atoms with E-state index < -0.39 is 5.25 Å². The maximum absolute atomic E-state index is 12.6. The zero-order chi connectivity index (χ0) is 21.1. The lowest BCUT2D eigenvalue weighted by atomic mass is 10.2. The van der Waals surface area contributed by atoms with Gasteiger partial charge in [0.15, 0.2) is 16.8 Å². The van der Waals surface area contributed by atoms with Gasteiger partial charge in [0.1, 0.15) is 11.5 Å². The van der Waals surface area contributed by atoms with Gasteiger partial charge in [-0.3, -0.25) is 9.36 Å². The van der Waals surface area contributed by atoms with Gasteiger partial charge < -0.3 is 14.3 Å². The van der Waals surface area contributed by atoms with E-state index in [0.29, 0.717) is 29.1 Å². The molecule has 1 atom stereocenters. The van der Waals surface area contributed by atoms with E-state index in [0.717, 1.165) is 16.9 Å². The van der Waals surface area contributed by atoms with Crippen LogP contribution in [0.1, 0.15) is 24.0 Å². The van der Waals surface area contributed by atoms with Crippen LogP contribution in [0.25, 0.3) is 11.4 Å². The normalized spacial score (nSPS) is 12.1. The third-order valence-electron chi connectivity index (χ3n) is 4.53. The minimum Gasteiger partial charge on any atom is -0.469 e. The van der Waals surface area contributed by atoms with Crippen molar-refractivity contribution in [3.8, 4) is 11.4 Å². The molecule has 0 spiro atoms. The third kappa shape index (κ3) is 4.30. The first-order valence-electron chi connectivity index (χ1n) is 9.43. The molecular weight excluding hydrogens is 402 g/mol.